The Bertz CT molecular complexity index is 1150. The maximum absolute atomic E-state index is 5.98. The first-order valence-electron chi connectivity index (χ1n) is 6.83. The van der Waals surface area contributed by atoms with Crippen LogP contribution in [0.1, 0.15) is 0 Å². The van der Waals surface area contributed by atoms with Crippen molar-refractivity contribution in [2.45, 2.75) is 0 Å². The first-order valence-corrected chi connectivity index (χ1v) is 7.64. The molecule has 0 aliphatic heterocycles. The van der Waals surface area contributed by atoms with E-state index in [1.165, 1.54) is 30.9 Å². The van der Waals surface area contributed by atoms with Crippen molar-refractivity contribution in [2.75, 3.05) is 5.73 Å². The molecule has 0 saturated heterocycles. The Balaban J connectivity index is 2.00. The Kier molecular flexibility index (Phi) is 2.01. The third-order valence-corrected chi connectivity index (χ3v) is 5.11. The van der Waals surface area contributed by atoms with Gasteiger partial charge in [0.05, 0.1) is 0 Å². The summed E-state index contributed by atoms with van der Waals surface area (Å²) in [6.07, 6.45) is 0. The van der Waals surface area contributed by atoms with Crippen molar-refractivity contribution >= 4 is 59.1 Å². The third kappa shape index (κ3) is 1.46. The molecule has 0 fully saturated rings. The molecule has 0 amide bonds. The first-order chi connectivity index (χ1) is 10.3. The topological polar surface area (TPSA) is 39.2 Å². The van der Waals surface area contributed by atoms with Crippen LogP contribution in [0.5, 0.6) is 0 Å². The minimum Gasteiger partial charge on any atom is -0.456 e. The predicted octanol–water partition coefficient (Wildman–Crippen LogP) is 5.54. The summed E-state index contributed by atoms with van der Waals surface area (Å²) in [6, 6.07) is 18.7. The van der Waals surface area contributed by atoms with E-state index in [4.69, 9.17) is 10.2 Å². The Morgan fingerprint density at radius 1 is 0.714 bits per heavy atom. The van der Waals surface area contributed by atoms with Gasteiger partial charge in [0.2, 0.25) is 0 Å². The van der Waals surface area contributed by atoms with E-state index in [-0.39, 0.29) is 0 Å². The molecule has 0 radical (unpaired) electrons. The molecular formula is C18H11NOS. The second-order valence-electron chi connectivity index (χ2n) is 5.30. The molecule has 0 aliphatic carbocycles. The van der Waals surface area contributed by atoms with Gasteiger partial charge >= 0.3 is 0 Å². The second kappa shape index (κ2) is 3.77. The minimum absolute atomic E-state index is 0.809. The molecule has 0 aliphatic rings. The highest BCUT2D eigenvalue weighted by Crippen LogP contribution is 2.39. The van der Waals surface area contributed by atoms with Crippen molar-refractivity contribution in [2.24, 2.45) is 0 Å². The fourth-order valence-electron chi connectivity index (χ4n) is 3.01. The van der Waals surface area contributed by atoms with Crippen molar-refractivity contribution in [1.82, 2.24) is 0 Å². The molecule has 0 atom stereocenters. The van der Waals surface area contributed by atoms with E-state index in [9.17, 15) is 0 Å². The van der Waals surface area contributed by atoms with Crippen LogP contribution in [0.3, 0.4) is 0 Å². The van der Waals surface area contributed by atoms with E-state index < -0.39 is 0 Å². The summed E-state index contributed by atoms with van der Waals surface area (Å²) in [7, 11) is 0. The van der Waals surface area contributed by atoms with Gasteiger partial charge in [-0.05, 0) is 30.3 Å². The monoisotopic (exact) mass is 289 g/mol. The lowest BCUT2D eigenvalue weighted by Crippen LogP contribution is -1.81. The van der Waals surface area contributed by atoms with Crippen LogP contribution < -0.4 is 5.73 Å². The van der Waals surface area contributed by atoms with Gasteiger partial charge in [-0.2, -0.15) is 0 Å². The molecule has 0 bridgehead atoms. The first kappa shape index (κ1) is 11.2. The van der Waals surface area contributed by atoms with Crippen molar-refractivity contribution < 1.29 is 4.42 Å². The number of nitrogen functional groups attached to an aromatic ring is 1. The standard InChI is InChI=1S/C18H11NOS/c19-10-5-6-12-14-8-16-13(9-18(14)21-17(12)7-10)11-3-1-2-4-15(11)20-16/h1-9H,19H2. The van der Waals surface area contributed by atoms with E-state index in [1.54, 1.807) is 11.3 Å². The van der Waals surface area contributed by atoms with Crippen LogP contribution in [0.2, 0.25) is 0 Å². The lowest BCUT2D eigenvalue weighted by atomic mass is 10.1. The van der Waals surface area contributed by atoms with Crippen molar-refractivity contribution in [3.8, 4) is 0 Å². The molecule has 2 heterocycles. The molecule has 3 aromatic carbocycles. The van der Waals surface area contributed by atoms with Crippen molar-refractivity contribution in [3.63, 3.8) is 0 Å². The van der Waals surface area contributed by atoms with E-state index >= 15 is 0 Å². The number of anilines is 1. The van der Waals surface area contributed by atoms with Gasteiger partial charge < -0.3 is 10.2 Å². The van der Waals surface area contributed by atoms with Gasteiger partial charge in [-0.25, -0.2) is 0 Å². The molecule has 0 spiro atoms. The fourth-order valence-corrected chi connectivity index (χ4v) is 4.19. The van der Waals surface area contributed by atoms with Gasteiger partial charge in [0.1, 0.15) is 11.2 Å². The maximum atomic E-state index is 5.98. The number of nitrogens with two attached hydrogens (primary N) is 1. The Labute approximate surface area is 124 Å². The van der Waals surface area contributed by atoms with E-state index in [0.29, 0.717) is 0 Å². The summed E-state index contributed by atoms with van der Waals surface area (Å²) in [4.78, 5) is 0. The SMILES string of the molecule is Nc1ccc2c(c1)sc1cc3c(cc12)oc1ccccc13. The van der Waals surface area contributed by atoms with Crippen LogP contribution in [0.4, 0.5) is 5.69 Å². The average molecular weight is 289 g/mol. The van der Waals surface area contributed by atoms with Gasteiger partial charge in [-0.3, -0.25) is 0 Å². The van der Waals surface area contributed by atoms with Gasteiger partial charge in [-0.15, -0.1) is 11.3 Å². The zero-order valence-electron chi connectivity index (χ0n) is 11.1. The molecule has 2 nitrogen and oxygen atoms in total. The maximum Gasteiger partial charge on any atom is 0.136 e. The molecule has 21 heavy (non-hydrogen) atoms. The number of para-hydroxylation sites is 1. The second-order valence-corrected chi connectivity index (χ2v) is 6.38. The summed E-state index contributed by atoms with van der Waals surface area (Å²) in [5, 5.41) is 4.83. The lowest BCUT2D eigenvalue weighted by molar-refractivity contribution is 0.669. The third-order valence-electron chi connectivity index (χ3n) is 3.99. The summed E-state index contributed by atoms with van der Waals surface area (Å²) in [6.45, 7) is 0. The zero-order chi connectivity index (χ0) is 14.0. The number of rotatable bonds is 0. The summed E-state index contributed by atoms with van der Waals surface area (Å²) >= 11 is 1.78. The molecule has 0 saturated carbocycles. The molecular weight excluding hydrogens is 278 g/mol. The largest absolute Gasteiger partial charge is 0.456 e. The molecule has 100 valence electrons. The highest BCUT2D eigenvalue weighted by Gasteiger charge is 2.11. The number of hydrogen-bond acceptors (Lipinski definition) is 3. The van der Waals surface area contributed by atoms with Crippen LogP contribution in [0.25, 0.3) is 42.1 Å². The molecule has 0 unspecified atom stereocenters. The molecule has 5 aromatic rings. The van der Waals surface area contributed by atoms with Gasteiger partial charge in [0, 0.05) is 36.6 Å². The number of thiophene rings is 1. The van der Waals surface area contributed by atoms with Gasteiger partial charge in [-0.1, -0.05) is 24.3 Å². The predicted molar refractivity (Wildman–Crippen MR) is 91.0 cm³/mol. The minimum atomic E-state index is 0.809. The Morgan fingerprint density at radius 2 is 1.57 bits per heavy atom. The number of benzene rings is 3. The van der Waals surface area contributed by atoms with Crippen LogP contribution >= 0.6 is 11.3 Å². The number of fused-ring (bicyclic) bond motifs is 6. The van der Waals surface area contributed by atoms with E-state index in [0.717, 1.165) is 16.9 Å². The van der Waals surface area contributed by atoms with Crippen molar-refractivity contribution in [1.29, 1.82) is 0 Å². The summed E-state index contributed by atoms with van der Waals surface area (Å²) < 4.78 is 8.48. The normalized spacial score (nSPS) is 12.0. The van der Waals surface area contributed by atoms with E-state index in [1.807, 2.05) is 30.3 Å². The smallest absolute Gasteiger partial charge is 0.136 e. The molecule has 5 rings (SSSR count). The van der Waals surface area contributed by atoms with E-state index in [2.05, 4.69) is 24.3 Å². The highest BCUT2D eigenvalue weighted by molar-refractivity contribution is 7.25. The van der Waals surface area contributed by atoms with Gasteiger partial charge in [0.15, 0.2) is 0 Å². The number of furan rings is 1. The summed E-state index contributed by atoms with van der Waals surface area (Å²) in [5.74, 6) is 0. The van der Waals surface area contributed by atoms with Crippen molar-refractivity contribution in [3.05, 3.63) is 54.6 Å². The zero-order valence-corrected chi connectivity index (χ0v) is 11.9. The Hall–Kier alpha value is -2.52. The lowest BCUT2D eigenvalue weighted by Gasteiger charge is -1.94. The quantitative estimate of drug-likeness (QED) is 0.380. The summed E-state index contributed by atoms with van der Waals surface area (Å²) in [5.41, 5.74) is 8.58. The fraction of sp³-hybridized carbons (Fsp3) is 0. The van der Waals surface area contributed by atoms with Crippen LogP contribution in [-0.4, -0.2) is 0 Å². The van der Waals surface area contributed by atoms with Crippen LogP contribution in [-0.2, 0) is 0 Å². The average Bonchev–Trinajstić information content (AvgIpc) is 3.01. The molecule has 2 N–H and O–H groups in total. The Morgan fingerprint density at radius 3 is 2.52 bits per heavy atom. The molecule has 3 heteroatoms. The molecule has 2 aromatic heterocycles. The van der Waals surface area contributed by atoms with Crippen LogP contribution in [0.15, 0.2) is 59.0 Å². The highest BCUT2D eigenvalue weighted by atomic mass is 32.1. The van der Waals surface area contributed by atoms with Gasteiger partial charge in [0.25, 0.3) is 0 Å². The van der Waals surface area contributed by atoms with Crippen LogP contribution in [0, 0.1) is 0 Å². The number of hydrogen-bond donors (Lipinski definition) is 1.